The van der Waals surface area contributed by atoms with Crippen LogP contribution in [0.1, 0.15) is 17.2 Å². The number of rotatable bonds is 4. The van der Waals surface area contributed by atoms with Gasteiger partial charge in [0.2, 0.25) is 0 Å². The number of anilines is 1. The van der Waals surface area contributed by atoms with Gasteiger partial charge in [-0.05, 0) is 24.3 Å². The van der Waals surface area contributed by atoms with Gasteiger partial charge < -0.3 is 14.8 Å². The van der Waals surface area contributed by atoms with E-state index in [4.69, 9.17) is 9.52 Å². The Morgan fingerprint density at radius 3 is 2.42 bits per heavy atom. The molecule has 0 aromatic carbocycles. The molecule has 2 rings (SSSR count). The van der Waals surface area contributed by atoms with Crippen molar-refractivity contribution in [1.82, 2.24) is 4.98 Å². The molecule has 2 aromatic rings. The first-order chi connectivity index (χ1) is 8.99. The molecule has 4 nitrogen and oxygen atoms in total. The molecule has 0 radical (unpaired) electrons. The Hall–Kier alpha value is -2.02. The van der Waals surface area contributed by atoms with Gasteiger partial charge in [-0.2, -0.15) is 13.2 Å². The summed E-state index contributed by atoms with van der Waals surface area (Å²) in [6.07, 6.45) is -3.33. The van der Waals surface area contributed by atoms with E-state index in [1.54, 1.807) is 12.1 Å². The van der Waals surface area contributed by atoms with Gasteiger partial charge in [0.15, 0.2) is 0 Å². The van der Waals surface area contributed by atoms with Crippen LogP contribution in [0.5, 0.6) is 0 Å². The first-order valence-electron chi connectivity index (χ1n) is 5.44. The second kappa shape index (κ2) is 5.31. The van der Waals surface area contributed by atoms with Gasteiger partial charge in [0, 0.05) is 0 Å². The molecule has 0 spiro atoms. The Morgan fingerprint density at radius 2 is 1.89 bits per heavy atom. The molecule has 0 unspecified atom stereocenters. The Morgan fingerprint density at radius 1 is 1.16 bits per heavy atom. The number of hydrogen-bond acceptors (Lipinski definition) is 4. The van der Waals surface area contributed by atoms with Gasteiger partial charge in [0.1, 0.15) is 23.8 Å². The summed E-state index contributed by atoms with van der Waals surface area (Å²) in [4.78, 5) is 3.33. The van der Waals surface area contributed by atoms with Crippen LogP contribution in [0.2, 0.25) is 0 Å². The van der Waals surface area contributed by atoms with Gasteiger partial charge in [-0.1, -0.05) is 0 Å². The van der Waals surface area contributed by atoms with Gasteiger partial charge >= 0.3 is 6.18 Å². The number of halogens is 3. The second-order valence-corrected chi connectivity index (χ2v) is 3.81. The van der Waals surface area contributed by atoms with Gasteiger partial charge in [0.25, 0.3) is 0 Å². The van der Waals surface area contributed by atoms with Crippen LogP contribution in [0.3, 0.4) is 0 Å². The molecular weight excluding hydrogens is 261 g/mol. The maximum Gasteiger partial charge on any atom is 0.433 e. The van der Waals surface area contributed by atoms with Crippen molar-refractivity contribution in [3.05, 3.63) is 47.7 Å². The maximum atomic E-state index is 12.3. The van der Waals surface area contributed by atoms with E-state index >= 15 is 0 Å². The van der Waals surface area contributed by atoms with Crippen molar-refractivity contribution in [2.24, 2.45) is 0 Å². The van der Waals surface area contributed by atoms with E-state index < -0.39 is 11.9 Å². The summed E-state index contributed by atoms with van der Waals surface area (Å²) in [6.45, 7) is 0.106. The number of furan rings is 1. The molecule has 2 N–H and O–H groups in total. The Bertz CT molecular complexity index is 535. The monoisotopic (exact) mass is 272 g/mol. The van der Waals surface area contributed by atoms with Crippen molar-refractivity contribution >= 4 is 5.69 Å². The molecule has 0 aliphatic heterocycles. The van der Waals surface area contributed by atoms with Gasteiger partial charge in [0.05, 0.1) is 18.4 Å². The van der Waals surface area contributed by atoms with E-state index in [9.17, 15) is 13.2 Å². The van der Waals surface area contributed by atoms with Crippen molar-refractivity contribution in [3.8, 4) is 0 Å². The number of pyridine rings is 1. The number of alkyl halides is 3. The SMILES string of the molecule is OCc1ccc(CNc2ccc(C(F)(F)F)nc2)o1. The molecule has 19 heavy (non-hydrogen) atoms. The lowest BCUT2D eigenvalue weighted by Gasteiger charge is -2.07. The van der Waals surface area contributed by atoms with E-state index in [1.165, 1.54) is 6.07 Å². The molecule has 0 bridgehead atoms. The fourth-order valence-electron chi connectivity index (χ4n) is 1.46. The number of hydrogen-bond donors (Lipinski definition) is 2. The summed E-state index contributed by atoms with van der Waals surface area (Å²) in [7, 11) is 0. The zero-order valence-electron chi connectivity index (χ0n) is 9.74. The molecule has 102 valence electrons. The topological polar surface area (TPSA) is 58.3 Å². The molecular formula is C12H11F3N2O2. The van der Waals surface area contributed by atoms with Crippen LogP contribution in [-0.4, -0.2) is 10.1 Å². The highest BCUT2D eigenvalue weighted by molar-refractivity contribution is 5.41. The lowest BCUT2D eigenvalue weighted by molar-refractivity contribution is -0.141. The number of nitrogens with zero attached hydrogens (tertiary/aromatic N) is 1. The molecule has 0 amide bonds. The maximum absolute atomic E-state index is 12.3. The van der Waals surface area contributed by atoms with Crippen LogP contribution in [0.4, 0.5) is 18.9 Å². The third kappa shape index (κ3) is 3.47. The summed E-state index contributed by atoms with van der Waals surface area (Å²) in [5.41, 5.74) is -0.478. The lowest BCUT2D eigenvalue weighted by atomic mass is 10.3. The zero-order valence-corrected chi connectivity index (χ0v) is 9.74. The molecule has 0 saturated heterocycles. The molecule has 0 atom stereocenters. The minimum atomic E-state index is -4.43. The highest BCUT2D eigenvalue weighted by Crippen LogP contribution is 2.27. The quantitative estimate of drug-likeness (QED) is 0.898. The van der Waals surface area contributed by atoms with Crippen LogP contribution >= 0.6 is 0 Å². The molecule has 0 fully saturated rings. The van der Waals surface area contributed by atoms with Crippen molar-refractivity contribution in [2.75, 3.05) is 5.32 Å². The van der Waals surface area contributed by atoms with Gasteiger partial charge in [-0.3, -0.25) is 0 Å². The molecule has 2 heterocycles. The third-order valence-electron chi connectivity index (χ3n) is 2.39. The number of aromatic nitrogens is 1. The van der Waals surface area contributed by atoms with Crippen molar-refractivity contribution in [3.63, 3.8) is 0 Å². The van der Waals surface area contributed by atoms with Crippen LogP contribution in [0, 0.1) is 0 Å². The Balaban J connectivity index is 1.96. The molecule has 0 aliphatic carbocycles. The summed E-state index contributed by atoms with van der Waals surface area (Å²) in [5, 5.41) is 11.7. The molecule has 0 saturated carbocycles. The first-order valence-corrected chi connectivity index (χ1v) is 5.44. The van der Waals surface area contributed by atoms with E-state index in [-0.39, 0.29) is 6.61 Å². The van der Waals surface area contributed by atoms with Crippen LogP contribution in [0.15, 0.2) is 34.9 Å². The van der Waals surface area contributed by atoms with E-state index in [2.05, 4.69) is 10.3 Å². The molecule has 2 aromatic heterocycles. The standard InChI is InChI=1S/C12H11F3N2O2/c13-12(14,15)11-4-1-8(5-17-11)16-6-9-2-3-10(7-18)19-9/h1-5,16,18H,6-7H2. The number of aliphatic hydroxyl groups excluding tert-OH is 1. The fourth-order valence-corrected chi connectivity index (χ4v) is 1.46. The highest BCUT2D eigenvalue weighted by atomic mass is 19.4. The van der Waals surface area contributed by atoms with E-state index in [1.807, 2.05) is 0 Å². The average molecular weight is 272 g/mol. The van der Waals surface area contributed by atoms with Gasteiger partial charge in [-0.15, -0.1) is 0 Å². The largest absolute Gasteiger partial charge is 0.462 e. The average Bonchev–Trinajstić information content (AvgIpc) is 2.84. The van der Waals surface area contributed by atoms with Crippen LogP contribution in [-0.2, 0) is 19.3 Å². The number of aliphatic hydroxyl groups is 1. The lowest BCUT2D eigenvalue weighted by Crippen LogP contribution is -2.08. The summed E-state index contributed by atoms with van der Waals surface area (Å²) in [5.74, 6) is 1.01. The summed E-state index contributed by atoms with van der Waals surface area (Å²) < 4.78 is 42.1. The third-order valence-corrected chi connectivity index (χ3v) is 2.39. The summed E-state index contributed by atoms with van der Waals surface area (Å²) in [6, 6.07) is 5.51. The Labute approximate surface area is 106 Å². The Kier molecular flexibility index (Phi) is 3.75. The van der Waals surface area contributed by atoms with Gasteiger partial charge in [-0.25, -0.2) is 4.98 Å². The first kappa shape index (κ1) is 13.4. The van der Waals surface area contributed by atoms with Crippen molar-refractivity contribution < 1.29 is 22.7 Å². The second-order valence-electron chi connectivity index (χ2n) is 3.81. The van der Waals surface area contributed by atoms with Crippen molar-refractivity contribution in [1.29, 1.82) is 0 Å². The molecule has 0 aliphatic rings. The highest BCUT2D eigenvalue weighted by Gasteiger charge is 2.31. The summed E-state index contributed by atoms with van der Waals surface area (Å²) >= 11 is 0. The number of nitrogens with one attached hydrogen (secondary N) is 1. The van der Waals surface area contributed by atoms with E-state index in [0.29, 0.717) is 23.8 Å². The molecule has 7 heteroatoms. The minimum Gasteiger partial charge on any atom is -0.462 e. The predicted octanol–water partition coefficient (Wildman–Crippen LogP) is 2.80. The normalized spacial score (nSPS) is 11.6. The smallest absolute Gasteiger partial charge is 0.433 e. The van der Waals surface area contributed by atoms with Crippen molar-refractivity contribution in [2.45, 2.75) is 19.3 Å². The van der Waals surface area contributed by atoms with Crippen LogP contribution in [0.25, 0.3) is 0 Å². The van der Waals surface area contributed by atoms with Crippen LogP contribution < -0.4 is 5.32 Å². The fraction of sp³-hybridized carbons (Fsp3) is 0.250. The zero-order chi connectivity index (χ0) is 13.9. The predicted molar refractivity (Wildman–Crippen MR) is 61.2 cm³/mol. The minimum absolute atomic E-state index is 0.193. The van der Waals surface area contributed by atoms with E-state index in [0.717, 1.165) is 12.3 Å².